The van der Waals surface area contributed by atoms with E-state index in [0.29, 0.717) is 18.8 Å². The van der Waals surface area contributed by atoms with E-state index in [9.17, 15) is 9.59 Å². The van der Waals surface area contributed by atoms with Crippen molar-refractivity contribution in [3.63, 3.8) is 0 Å². The van der Waals surface area contributed by atoms with Crippen molar-refractivity contribution in [2.75, 3.05) is 11.4 Å². The quantitative estimate of drug-likeness (QED) is 0.849. The lowest BCUT2D eigenvalue weighted by molar-refractivity contribution is 0.0980. The number of amides is 1. The van der Waals surface area contributed by atoms with Crippen molar-refractivity contribution in [1.29, 1.82) is 0 Å². The number of hydrogen-bond donors (Lipinski definition) is 0. The van der Waals surface area contributed by atoms with Crippen LogP contribution in [0.3, 0.4) is 0 Å². The molecule has 0 radical (unpaired) electrons. The van der Waals surface area contributed by atoms with Gasteiger partial charge >= 0.3 is 0 Å². The molecule has 0 fully saturated rings. The summed E-state index contributed by atoms with van der Waals surface area (Å²) in [7, 11) is 0. The van der Waals surface area contributed by atoms with Crippen LogP contribution in [-0.4, -0.2) is 27.2 Å². The van der Waals surface area contributed by atoms with Gasteiger partial charge in [-0.3, -0.25) is 14.5 Å². The van der Waals surface area contributed by atoms with Crippen LogP contribution in [0.25, 0.3) is 0 Å². The van der Waals surface area contributed by atoms with E-state index in [0.717, 1.165) is 35.0 Å². The van der Waals surface area contributed by atoms with Crippen molar-refractivity contribution < 1.29 is 4.79 Å². The Morgan fingerprint density at radius 2 is 2.18 bits per heavy atom. The molecule has 1 aliphatic rings. The lowest BCUT2D eigenvalue weighted by atomic mass is 10.2. The second-order valence-electron chi connectivity index (χ2n) is 5.27. The van der Waals surface area contributed by atoms with Gasteiger partial charge in [0.15, 0.2) is 0 Å². The third-order valence-corrected chi connectivity index (χ3v) is 4.74. The average Bonchev–Trinajstić information content (AvgIpc) is 2.77. The van der Waals surface area contributed by atoms with Crippen molar-refractivity contribution in [2.45, 2.75) is 39.7 Å². The first-order chi connectivity index (χ1) is 10.6. The minimum Gasteiger partial charge on any atom is -0.297 e. The Balaban J connectivity index is 1.99. The third-order valence-electron chi connectivity index (χ3n) is 3.70. The number of hydrogen-bond acceptors (Lipinski definition) is 5. The summed E-state index contributed by atoms with van der Waals surface area (Å²) in [6.07, 6.45) is 2.88. The third kappa shape index (κ3) is 2.68. The fourth-order valence-corrected chi connectivity index (χ4v) is 3.60. The van der Waals surface area contributed by atoms with E-state index in [-0.39, 0.29) is 11.5 Å². The van der Waals surface area contributed by atoms with Crippen LogP contribution >= 0.6 is 11.3 Å². The van der Waals surface area contributed by atoms with Gasteiger partial charge in [0.05, 0.1) is 10.7 Å². The summed E-state index contributed by atoms with van der Waals surface area (Å²) in [6, 6.07) is 2.91. The second kappa shape index (κ2) is 6.00. The smallest absolute Gasteiger partial charge is 0.279 e. The van der Waals surface area contributed by atoms with Gasteiger partial charge in [-0.2, -0.15) is 5.10 Å². The molecule has 0 aliphatic carbocycles. The van der Waals surface area contributed by atoms with Crippen LogP contribution in [-0.2, 0) is 13.0 Å². The molecule has 6 nitrogen and oxygen atoms in total. The summed E-state index contributed by atoms with van der Waals surface area (Å²) >= 11 is 1.55. The first kappa shape index (κ1) is 14.9. The van der Waals surface area contributed by atoms with Gasteiger partial charge in [0.2, 0.25) is 0 Å². The molecule has 0 saturated carbocycles. The predicted octanol–water partition coefficient (Wildman–Crippen LogP) is 2.01. The summed E-state index contributed by atoms with van der Waals surface area (Å²) in [5.74, 6) is -0.158. The van der Waals surface area contributed by atoms with E-state index in [1.54, 1.807) is 16.2 Å². The minimum absolute atomic E-state index is 0.158. The standard InChI is InChI=1S/C15H18N4O2S/c1-3-19-13(20)8-7-11(17-19)14(21)18-9-5-4-6-12-15(18)22-10(2)16-12/h7-8H,3-6,9H2,1-2H3. The molecular weight excluding hydrogens is 300 g/mol. The van der Waals surface area contributed by atoms with Gasteiger partial charge in [-0.05, 0) is 39.2 Å². The zero-order valence-corrected chi connectivity index (χ0v) is 13.5. The predicted molar refractivity (Wildman–Crippen MR) is 85.6 cm³/mol. The number of carbonyl (C=O) groups excluding carboxylic acids is 1. The molecule has 3 heterocycles. The Labute approximate surface area is 132 Å². The van der Waals surface area contributed by atoms with Crippen LogP contribution in [0.15, 0.2) is 16.9 Å². The number of carbonyl (C=O) groups is 1. The van der Waals surface area contributed by atoms with Crippen LogP contribution in [0, 0.1) is 6.92 Å². The number of rotatable bonds is 2. The van der Waals surface area contributed by atoms with E-state index in [1.807, 2.05) is 13.8 Å². The largest absolute Gasteiger partial charge is 0.297 e. The monoisotopic (exact) mass is 318 g/mol. The molecule has 0 N–H and O–H groups in total. The molecule has 22 heavy (non-hydrogen) atoms. The maximum absolute atomic E-state index is 12.8. The molecule has 1 amide bonds. The maximum atomic E-state index is 12.8. The molecule has 0 unspecified atom stereocenters. The Kier molecular flexibility index (Phi) is 4.06. The Hall–Kier alpha value is -2.02. The minimum atomic E-state index is -0.191. The van der Waals surface area contributed by atoms with Crippen molar-refractivity contribution in [1.82, 2.24) is 14.8 Å². The van der Waals surface area contributed by atoms with Gasteiger partial charge in [0, 0.05) is 19.2 Å². The van der Waals surface area contributed by atoms with Crippen LogP contribution in [0.1, 0.15) is 41.0 Å². The Morgan fingerprint density at radius 1 is 1.36 bits per heavy atom. The summed E-state index contributed by atoms with van der Waals surface area (Å²) in [4.78, 5) is 30.8. The lowest BCUT2D eigenvalue weighted by Crippen LogP contribution is -2.34. The first-order valence-electron chi connectivity index (χ1n) is 7.46. The van der Waals surface area contributed by atoms with E-state index in [4.69, 9.17) is 0 Å². The van der Waals surface area contributed by atoms with Crippen molar-refractivity contribution in [2.24, 2.45) is 0 Å². The number of anilines is 1. The highest BCUT2D eigenvalue weighted by Gasteiger charge is 2.26. The topological polar surface area (TPSA) is 68.1 Å². The second-order valence-corrected chi connectivity index (χ2v) is 6.45. The van der Waals surface area contributed by atoms with Crippen molar-refractivity contribution in [3.05, 3.63) is 38.9 Å². The highest BCUT2D eigenvalue weighted by Crippen LogP contribution is 2.32. The molecule has 116 valence electrons. The summed E-state index contributed by atoms with van der Waals surface area (Å²) in [5, 5.41) is 6.07. The van der Waals surface area contributed by atoms with E-state index in [2.05, 4.69) is 10.1 Å². The number of fused-ring (bicyclic) bond motifs is 1. The van der Waals surface area contributed by atoms with Gasteiger partial charge in [-0.1, -0.05) is 0 Å². The molecule has 1 aliphatic heterocycles. The molecule has 0 atom stereocenters. The fourth-order valence-electron chi connectivity index (χ4n) is 2.62. The SMILES string of the molecule is CCn1nc(C(=O)N2CCCCc3nc(C)sc32)ccc1=O. The summed E-state index contributed by atoms with van der Waals surface area (Å²) in [5.41, 5.74) is 1.11. The molecule has 7 heteroatoms. The van der Waals surface area contributed by atoms with Crippen LogP contribution in [0.5, 0.6) is 0 Å². The zero-order chi connectivity index (χ0) is 15.7. The summed E-state index contributed by atoms with van der Waals surface area (Å²) in [6.45, 7) is 4.90. The molecule has 0 bridgehead atoms. The van der Waals surface area contributed by atoms with Crippen molar-refractivity contribution in [3.8, 4) is 0 Å². The van der Waals surface area contributed by atoms with Gasteiger partial charge < -0.3 is 0 Å². The number of thiazole rings is 1. The maximum Gasteiger partial charge on any atom is 0.279 e. The molecular formula is C15H18N4O2S. The van der Waals surface area contributed by atoms with Crippen LogP contribution in [0.4, 0.5) is 5.00 Å². The number of aromatic nitrogens is 3. The average molecular weight is 318 g/mol. The molecule has 2 aromatic heterocycles. The van der Waals surface area contributed by atoms with Crippen molar-refractivity contribution >= 4 is 22.2 Å². The van der Waals surface area contributed by atoms with Gasteiger partial charge in [0.1, 0.15) is 10.7 Å². The van der Waals surface area contributed by atoms with Crippen LogP contribution < -0.4 is 10.5 Å². The van der Waals surface area contributed by atoms with Gasteiger partial charge in [-0.25, -0.2) is 9.67 Å². The normalized spacial score (nSPS) is 14.5. The number of aryl methyl sites for hydroxylation is 3. The molecule has 0 saturated heterocycles. The molecule has 0 spiro atoms. The highest BCUT2D eigenvalue weighted by molar-refractivity contribution is 7.16. The van der Waals surface area contributed by atoms with E-state index >= 15 is 0 Å². The first-order valence-corrected chi connectivity index (χ1v) is 8.28. The molecule has 3 rings (SSSR count). The molecule has 0 aromatic carbocycles. The van der Waals surface area contributed by atoms with E-state index < -0.39 is 0 Å². The molecule has 2 aromatic rings. The zero-order valence-electron chi connectivity index (χ0n) is 12.7. The lowest BCUT2D eigenvalue weighted by Gasteiger charge is -2.19. The summed E-state index contributed by atoms with van der Waals surface area (Å²) < 4.78 is 1.31. The highest BCUT2D eigenvalue weighted by atomic mass is 32.1. The van der Waals surface area contributed by atoms with Gasteiger partial charge in [0.25, 0.3) is 11.5 Å². The Morgan fingerprint density at radius 3 is 2.95 bits per heavy atom. The Bertz CT molecular complexity index is 765. The number of nitrogens with zero attached hydrogens (tertiary/aromatic N) is 4. The van der Waals surface area contributed by atoms with E-state index in [1.165, 1.54) is 16.8 Å². The van der Waals surface area contributed by atoms with Crippen LogP contribution in [0.2, 0.25) is 0 Å². The van der Waals surface area contributed by atoms with Gasteiger partial charge in [-0.15, -0.1) is 11.3 Å². The fraction of sp³-hybridized carbons (Fsp3) is 0.467.